The standard InChI is InChI=1S/C15H21N3O2/c1-2-16-14(19)10-11-5-7-12(8-6-11)18-15(20)13-4-3-9-17-13/h5-8,13,17H,2-4,9-10H2,1H3,(H,16,19)(H,18,20)/t13-/m1/s1. The van der Waals surface area contributed by atoms with Crippen LogP contribution in [0.5, 0.6) is 0 Å². The average Bonchev–Trinajstić information content (AvgIpc) is 2.95. The van der Waals surface area contributed by atoms with E-state index in [4.69, 9.17) is 0 Å². The Balaban J connectivity index is 1.87. The molecule has 0 unspecified atom stereocenters. The van der Waals surface area contributed by atoms with Crippen molar-refractivity contribution in [1.82, 2.24) is 10.6 Å². The maximum Gasteiger partial charge on any atom is 0.241 e. The second-order valence-electron chi connectivity index (χ2n) is 4.97. The molecule has 1 fully saturated rings. The number of nitrogens with one attached hydrogen (secondary N) is 3. The normalized spacial score (nSPS) is 17.8. The Morgan fingerprint density at radius 3 is 2.65 bits per heavy atom. The lowest BCUT2D eigenvalue weighted by atomic mass is 10.1. The van der Waals surface area contributed by atoms with Crippen LogP contribution in [0.2, 0.25) is 0 Å². The highest BCUT2D eigenvalue weighted by molar-refractivity contribution is 5.95. The van der Waals surface area contributed by atoms with E-state index in [0.29, 0.717) is 13.0 Å². The molecule has 5 heteroatoms. The van der Waals surface area contributed by atoms with Crippen molar-refractivity contribution in [2.24, 2.45) is 0 Å². The molecule has 0 radical (unpaired) electrons. The summed E-state index contributed by atoms with van der Waals surface area (Å²) in [4.78, 5) is 23.4. The van der Waals surface area contributed by atoms with Crippen LogP contribution in [0.25, 0.3) is 0 Å². The van der Waals surface area contributed by atoms with Crippen molar-refractivity contribution in [2.75, 3.05) is 18.4 Å². The zero-order chi connectivity index (χ0) is 14.4. The van der Waals surface area contributed by atoms with Gasteiger partial charge in [-0.1, -0.05) is 12.1 Å². The van der Waals surface area contributed by atoms with Gasteiger partial charge in [0, 0.05) is 12.2 Å². The predicted octanol–water partition coefficient (Wildman–Crippen LogP) is 1.06. The zero-order valence-corrected chi connectivity index (χ0v) is 11.7. The van der Waals surface area contributed by atoms with Crippen LogP contribution in [-0.4, -0.2) is 30.9 Å². The van der Waals surface area contributed by atoms with Crippen molar-refractivity contribution in [3.05, 3.63) is 29.8 Å². The lowest BCUT2D eigenvalue weighted by Gasteiger charge is -2.11. The summed E-state index contributed by atoms with van der Waals surface area (Å²) in [5, 5.41) is 8.81. The lowest BCUT2D eigenvalue weighted by molar-refractivity contribution is -0.120. The summed E-state index contributed by atoms with van der Waals surface area (Å²) in [6, 6.07) is 7.33. The highest BCUT2D eigenvalue weighted by Crippen LogP contribution is 2.12. The number of hydrogen-bond acceptors (Lipinski definition) is 3. The number of rotatable bonds is 5. The molecule has 3 N–H and O–H groups in total. The minimum absolute atomic E-state index is 0.0129. The zero-order valence-electron chi connectivity index (χ0n) is 11.7. The van der Waals surface area contributed by atoms with E-state index in [-0.39, 0.29) is 17.9 Å². The van der Waals surface area contributed by atoms with Crippen molar-refractivity contribution in [1.29, 1.82) is 0 Å². The molecule has 1 aliphatic rings. The fourth-order valence-corrected chi connectivity index (χ4v) is 2.29. The maximum atomic E-state index is 11.9. The quantitative estimate of drug-likeness (QED) is 0.752. The Bertz CT molecular complexity index is 465. The van der Waals surface area contributed by atoms with Gasteiger partial charge in [-0.05, 0) is 44.0 Å². The molecule has 0 saturated carbocycles. The molecule has 1 aliphatic heterocycles. The Hall–Kier alpha value is -1.88. The van der Waals surface area contributed by atoms with Gasteiger partial charge in [-0.3, -0.25) is 9.59 Å². The van der Waals surface area contributed by atoms with Gasteiger partial charge in [-0.15, -0.1) is 0 Å². The Morgan fingerprint density at radius 2 is 2.05 bits per heavy atom. The number of carbonyl (C=O) groups excluding carboxylic acids is 2. The summed E-state index contributed by atoms with van der Waals surface area (Å²) in [6.07, 6.45) is 2.30. The lowest BCUT2D eigenvalue weighted by Crippen LogP contribution is -2.35. The third kappa shape index (κ3) is 4.06. The third-order valence-corrected chi connectivity index (χ3v) is 3.34. The van der Waals surface area contributed by atoms with Crippen molar-refractivity contribution >= 4 is 17.5 Å². The molecule has 0 bridgehead atoms. The van der Waals surface area contributed by atoms with Gasteiger partial charge >= 0.3 is 0 Å². The largest absolute Gasteiger partial charge is 0.356 e. The van der Waals surface area contributed by atoms with E-state index < -0.39 is 0 Å². The molecular formula is C15H21N3O2. The van der Waals surface area contributed by atoms with Crippen molar-refractivity contribution < 1.29 is 9.59 Å². The number of hydrogen-bond donors (Lipinski definition) is 3. The van der Waals surface area contributed by atoms with Crippen molar-refractivity contribution in [3.8, 4) is 0 Å². The summed E-state index contributed by atoms with van der Waals surface area (Å²) in [6.45, 7) is 3.44. The predicted molar refractivity (Wildman–Crippen MR) is 78.5 cm³/mol. The summed E-state index contributed by atoms with van der Waals surface area (Å²) in [7, 11) is 0. The summed E-state index contributed by atoms with van der Waals surface area (Å²) < 4.78 is 0. The summed E-state index contributed by atoms with van der Waals surface area (Å²) in [5.74, 6) is 0.0263. The van der Waals surface area contributed by atoms with Gasteiger partial charge in [0.1, 0.15) is 0 Å². The van der Waals surface area contributed by atoms with Crippen LogP contribution >= 0.6 is 0 Å². The van der Waals surface area contributed by atoms with Crippen LogP contribution in [0.4, 0.5) is 5.69 Å². The monoisotopic (exact) mass is 275 g/mol. The van der Waals surface area contributed by atoms with E-state index in [1.165, 1.54) is 0 Å². The van der Waals surface area contributed by atoms with Crippen LogP contribution in [0, 0.1) is 0 Å². The van der Waals surface area contributed by atoms with E-state index in [9.17, 15) is 9.59 Å². The molecule has 1 heterocycles. The van der Waals surface area contributed by atoms with Crippen LogP contribution in [0.15, 0.2) is 24.3 Å². The molecule has 1 atom stereocenters. The fraction of sp³-hybridized carbons (Fsp3) is 0.467. The molecule has 1 aromatic rings. The minimum Gasteiger partial charge on any atom is -0.356 e. The van der Waals surface area contributed by atoms with E-state index >= 15 is 0 Å². The SMILES string of the molecule is CCNC(=O)Cc1ccc(NC(=O)[C@H]2CCCN2)cc1. The molecule has 0 aliphatic carbocycles. The van der Waals surface area contributed by atoms with Crippen LogP contribution < -0.4 is 16.0 Å². The number of anilines is 1. The highest BCUT2D eigenvalue weighted by atomic mass is 16.2. The number of amides is 2. The minimum atomic E-state index is -0.0787. The summed E-state index contributed by atoms with van der Waals surface area (Å²) in [5.41, 5.74) is 1.70. The van der Waals surface area contributed by atoms with Gasteiger partial charge in [0.25, 0.3) is 0 Å². The molecule has 0 aromatic heterocycles. The highest BCUT2D eigenvalue weighted by Gasteiger charge is 2.21. The summed E-state index contributed by atoms with van der Waals surface area (Å²) >= 11 is 0. The van der Waals surface area contributed by atoms with E-state index in [1.807, 2.05) is 31.2 Å². The third-order valence-electron chi connectivity index (χ3n) is 3.34. The Labute approximate surface area is 119 Å². The molecule has 5 nitrogen and oxygen atoms in total. The van der Waals surface area contributed by atoms with Crippen molar-refractivity contribution in [3.63, 3.8) is 0 Å². The van der Waals surface area contributed by atoms with Crippen molar-refractivity contribution in [2.45, 2.75) is 32.2 Å². The Morgan fingerprint density at radius 1 is 1.30 bits per heavy atom. The maximum absolute atomic E-state index is 11.9. The molecule has 1 aromatic carbocycles. The van der Waals surface area contributed by atoms with E-state index in [1.54, 1.807) is 0 Å². The first-order valence-corrected chi connectivity index (χ1v) is 7.09. The molecule has 20 heavy (non-hydrogen) atoms. The number of carbonyl (C=O) groups is 2. The van der Waals surface area contributed by atoms with E-state index in [2.05, 4.69) is 16.0 Å². The van der Waals surface area contributed by atoms with E-state index in [0.717, 1.165) is 30.6 Å². The fourth-order valence-electron chi connectivity index (χ4n) is 2.29. The first-order valence-electron chi connectivity index (χ1n) is 7.09. The second-order valence-corrected chi connectivity index (χ2v) is 4.97. The van der Waals surface area contributed by atoms with Crippen LogP contribution in [0.3, 0.4) is 0 Å². The van der Waals surface area contributed by atoms with Gasteiger partial charge in [0.15, 0.2) is 0 Å². The second kappa shape index (κ2) is 7.05. The molecule has 2 rings (SSSR count). The van der Waals surface area contributed by atoms with Gasteiger partial charge < -0.3 is 16.0 Å². The van der Waals surface area contributed by atoms with Crippen LogP contribution in [-0.2, 0) is 16.0 Å². The van der Waals surface area contributed by atoms with Gasteiger partial charge in [-0.25, -0.2) is 0 Å². The van der Waals surface area contributed by atoms with Gasteiger partial charge in [0.05, 0.1) is 12.5 Å². The van der Waals surface area contributed by atoms with Gasteiger partial charge in [-0.2, -0.15) is 0 Å². The average molecular weight is 275 g/mol. The first kappa shape index (κ1) is 14.5. The van der Waals surface area contributed by atoms with Gasteiger partial charge in [0.2, 0.25) is 11.8 Å². The topological polar surface area (TPSA) is 70.2 Å². The van der Waals surface area contributed by atoms with Crippen LogP contribution in [0.1, 0.15) is 25.3 Å². The number of likely N-dealkylation sites (N-methyl/N-ethyl adjacent to an activating group) is 1. The molecule has 108 valence electrons. The smallest absolute Gasteiger partial charge is 0.241 e. The molecule has 0 spiro atoms. The molecule has 1 saturated heterocycles. The first-order chi connectivity index (χ1) is 9.69. The molecular weight excluding hydrogens is 254 g/mol. The Kier molecular flexibility index (Phi) is 5.12. The number of benzene rings is 1. The molecule has 2 amide bonds.